The molecular formula is C50H29N5. The molecule has 55 heavy (non-hydrogen) atoms. The molecule has 3 aromatic heterocycles. The smallest absolute Gasteiger partial charge is 0.101 e. The van der Waals surface area contributed by atoms with Gasteiger partial charge in [0.25, 0.3) is 0 Å². The van der Waals surface area contributed by atoms with E-state index in [1.165, 1.54) is 32.6 Å². The van der Waals surface area contributed by atoms with Crippen LogP contribution in [0.5, 0.6) is 0 Å². The summed E-state index contributed by atoms with van der Waals surface area (Å²) in [7, 11) is 0. The molecule has 0 atom stereocenters. The third kappa shape index (κ3) is 4.45. The second-order valence-electron chi connectivity index (χ2n) is 14.0. The van der Waals surface area contributed by atoms with E-state index in [0.717, 1.165) is 61.0 Å². The molecule has 0 aliphatic rings. The standard InChI is InChI=1S/C50H29N5/c51-30-34-21-20-33(28-49(34)55-46-18-8-4-14-41(46)50-35(31-52)10-9-19-48(50)55)32-22-24-36(25-23-32)53-45-17-7-3-13-40(45)42-29-37(26-27-47(42)53)54-43-15-5-1-11-38(43)39-12-2-6-16-44(39)54/h1-29H. The van der Waals surface area contributed by atoms with Gasteiger partial charge in [-0.15, -0.1) is 0 Å². The van der Waals surface area contributed by atoms with Gasteiger partial charge in [0.15, 0.2) is 0 Å². The molecule has 254 valence electrons. The zero-order chi connectivity index (χ0) is 36.6. The van der Waals surface area contributed by atoms with Crippen LogP contribution in [0.4, 0.5) is 0 Å². The lowest BCUT2D eigenvalue weighted by Gasteiger charge is -2.13. The van der Waals surface area contributed by atoms with Crippen molar-refractivity contribution < 1.29 is 0 Å². The first-order chi connectivity index (χ1) is 27.2. The predicted octanol–water partition coefficient (Wildman–Crippen LogP) is 12.4. The van der Waals surface area contributed by atoms with Crippen molar-refractivity contribution in [2.75, 3.05) is 0 Å². The molecular weight excluding hydrogens is 671 g/mol. The maximum atomic E-state index is 10.3. The van der Waals surface area contributed by atoms with Crippen LogP contribution < -0.4 is 0 Å². The summed E-state index contributed by atoms with van der Waals surface area (Å²) in [6.45, 7) is 0. The monoisotopic (exact) mass is 699 g/mol. The summed E-state index contributed by atoms with van der Waals surface area (Å²) in [6, 6.07) is 66.0. The van der Waals surface area contributed by atoms with Crippen molar-refractivity contribution in [1.82, 2.24) is 13.7 Å². The molecule has 0 unspecified atom stereocenters. The third-order valence-corrected chi connectivity index (χ3v) is 11.1. The highest BCUT2D eigenvalue weighted by Gasteiger charge is 2.19. The second kappa shape index (κ2) is 11.8. The van der Waals surface area contributed by atoms with E-state index in [1.54, 1.807) is 0 Å². The van der Waals surface area contributed by atoms with E-state index in [1.807, 2.05) is 48.5 Å². The Kier molecular flexibility index (Phi) is 6.61. The van der Waals surface area contributed by atoms with Gasteiger partial charge in [-0.1, -0.05) is 97.1 Å². The van der Waals surface area contributed by atoms with Gasteiger partial charge in [0, 0.05) is 43.7 Å². The Hall–Kier alpha value is -7.86. The molecule has 5 heteroatoms. The summed E-state index contributed by atoms with van der Waals surface area (Å²) < 4.78 is 6.84. The van der Waals surface area contributed by atoms with Crippen molar-refractivity contribution in [3.63, 3.8) is 0 Å². The largest absolute Gasteiger partial charge is 0.309 e. The number of hydrogen-bond acceptors (Lipinski definition) is 2. The minimum atomic E-state index is 0.566. The Labute approximate surface area is 316 Å². The molecule has 0 saturated carbocycles. The van der Waals surface area contributed by atoms with Crippen molar-refractivity contribution in [3.05, 3.63) is 187 Å². The van der Waals surface area contributed by atoms with Gasteiger partial charge in [-0.05, 0) is 90.0 Å². The van der Waals surface area contributed by atoms with Crippen LogP contribution in [0, 0.1) is 22.7 Å². The van der Waals surface area contributed by atoms with Crippen molar-refractivity contribution in [1.29, 1.82) is 10.5 Å². The molecule has 0 radical (unpaired) electrons. The first-order valence-electron chi connectivity index (χ1n) is 18.3. The second-order valence-corrected chi connectivity index (χ2v) is 14.0. The number of nitriles is 2. The fraction of sp³-hybridized carbons (Fsp3) is 0. The molecule has 8 aromatic carbocycles. The lowest BCUT2D eigenvalue weighted by Crippen LogP contribution is -1.98. The van der Waals surface area contributed by atoms with E-state index < -0.39 is 0 Å². The third-order valence-electron chi connectivity index (χ3n) is 11.1. The number of aromatic nitrogens is 3. The topological polar surface area (TPSA) is 62.4 Å². The number of nitrogens with zero attached hydrogens (tertiary/aromatic N) is 5. The number of benzene rings is 8. The van der Waals surface area contributed by atoms with E-state index in [4.69, 9.17) is 0 Å². The van der Waals surface area contributed by atoms with E-state index >= 15 is 0 Å². The van der Waals surface area contributed by atoms with Crippen molar-refractivity contribution in [2.24, 2.45) is 0 Å². The zero-order valence-electron chi connectivity index (χ0n) is 29.5. The maximum Gasteiger partial charge on any atom is 0.101 e. The van der Waals surface area contributed by atoms with Crippen LogP contribution >= 0.6 is 0 Å². The Balaban J connectivity index is 1.04. The van der Waals surface area contributed by atoms with Gasteiger partial charge < -0.3 is 13.7 Å². The highest BCUT2D eigenvalue weighted by molar-refractivity contribution is 6.13. The van der Waals surface area contributed by atoms with Crippen LogP contribution in [0.1, 0.15) is 11.1 Å². The van der Waals surface area contributed by atoms with Crippen LogP contribution in [0.25, 0.3) is 93.6 Å². The molecule has 5 nitrogen and oxygen atoms in total. The average molecular weight is 700 g/mol. The Morgan fingerprint density at radius 2 is 0.818 bits per heavy atom. The first-order valence-corrected chi connectivity index (χ1v) is 18.3. The van der Waals surface area contributed by atoms with Crippen LogP contribution in [0.15, 0.2) is 176 Å². The molecule has 0 N–H and O–H groups in total. The van der Waals surface area contributed by atoms with Gasteiger partial charge in [-0.25, -0.2) is 0 Å². The Morgan fingerprint density at radius 1 is 0.327 bits per heavy atom. The van der Waals surface area contributed by atoms with Crippen LogP contribution in [0.3, 0.4) is 0 Å². The SMILES string of the molecule is N#Cc1ccc(-c2ccc(-n3c4ccccc4c4cc(-n5c6ccccc6c6ccccc65)ccc43)cc2)cc1-n1c2ccccc2c2c(C#N)cccc21. The molecule has 0 bridgehead atoms. The summed E-state index contributed by atoms with van der Waals surface area (Å²) in [5.41, 5.74) is 12.7. The minimum Gasteiger partial charge on any atom is -0.309 e. The van der Waals surface area contributed by atoms with Gasteiger partial charge in [-0.3, -0.25) is 0 Å². The normalized spacial score (nSPS) is 11.6. The molecule has 0 aliphatic carbocycles. The molecule has 0 amide bonds. The van der Waals surface area contributed by atoms with Crippen molar-refractivity contribution in [3.8, 4) is 40.3 Å². The van der Waals surface area contributed by atoms with Crippen molar-refractivity contribution >= 4 is 65.4 Å². The number of hydrogen-bond donors (Lipinski definition) is 0. The molecule has 0 saturated heterocycles. The molecule has 3 heterocycles. The van der Waals surface area contributed by atoms with Gasteiger partial charge in [-0.2, -0.15) is 10.5 Å². The number of rotatable bonds is 4. The quantitative estimate of drug-likeness (QED) is 0.184. The summed E-state index contributed by atoms with van der Waals surface area (Å²) in [5, 5.41) is 27.0. The van der Waals surface area contributed by atoms with Crippen molar-refractivity contribution in [2.45, 2.75) is 0 Å². The minimum absolute atomic E-state index is 0.566. The van der Waals surface area contributed by atoms with E-state index in [9.17, 15) is 10.5 Å². The summed E-state index contributed by atoms with van der Waals surface area (Å²) >= 11 is 0. The highest BCUT2D eigenvalue weighted by atomic mass is 15.0. The highest BCUT2D eigenvalue weighted by Crippen LogP contribution is 2.39. The van der Waals surface area contributed by atoms with Gasteiger partial charge in [0.2, 0.25) is 0 Å². The zero-order valence-corrected chi connectivity index (χ0v) is 29.5. The Morgan fingerprint density at radius 3 is 1.45 bits per heavy atom. The average Bonchev–Trinajstić information content (AvgIpc) is 3.89. The number of fused-ring (bicyclic) bond motifs is 9. The molecule has 0 fully saturated rings. The summed E-state index contributed by atoms with van der Waals surface area (Å²) in [5.74, 6) is 0. The predicted molar refractivity (Wildman–Crippen MR) is 224 cm³/mol. The van der Waals surface area contributed by atoms with E-state index in [2.05, 4.69) is 153 Å². The fourth-order valence-electron chi connectivity index (χ4n) is 8.74. The molecule has 11 aromatic rings. The first kappa shape index (κ1) is 30.7. The van der Waals surface area contributed by atoms with Gasteiger partial charge in [0.05, 0.1) is 56.0 Å². The number of para-hydroxylation sites is 4. The molecule has 0 aliphatic heterocycles. The maximum absolute atomic E-state index is 10.3. The van der Waals surface area contributed by atoms with Crippen LogP contribution in [-0.4, -0.2) is 13.7 Å². The summed E-state index contributed by atoms with van der Waals surface area (Å²) in [6.07, 6.45) is 0. The summed E-state index contributed by atoms with van der Waals surface area (Å²) in [4.78, 5) is 0. The lowest BCUT2D eigenvalue weighted by atomic mass is 10.0. The van der Waals surface area contributed by atoms with Gasteiger partial charge >= 0.3 is 0 Å². The van der Waals surface area contributed by atoms with E-state index in [0.29, 0.717) is 11.1 Å². The molecule has 11 rings (SSSR count). The van der Waals surface area contributed by atoms with Crippen LogP contribution in [-0.2, 0) is 0 Å². The Bertz CT molecular complexity index is 3400. The van der Waals surface area contributed by atoms with Gasteiger partial charge in [0.1, 0.15) is 6.07 Å². The van der Waals surface area contributed by atoms with Crippen LogP contribution in [0.2, 0.25) is 0 Å². The molecule has 0 spiro atoms. The lowest BCUT2D eigenvalue weighted by molar-refractivity contribution is 1.16. The van der Waals surface area contributed by atoms with E-state index in [-0.39, 0.29) is 0 Å². The fourth-order valence-corrected chi connectivity index (χ4v) is 8.74.